The molecule has 0 radical (unpaired) electrons. The van der Waals surface area contributed by atoms with Crippen molar-refractivity contribution in [3.63, 3.8) is 0 Å². The third-order valence-corrected chi connectivity index (χ3v) is 2.73. The second-order valence-corrected chi connectivity index (χ2v) is 4.60. The largest absolute Gasteiger partial charge is 0.508 e. The van der Waals surface area contributed by atoms with Crippen LogP contribution in [0.2, 0.25) is 15.1 Å². The minimum absolute atomic E-state index is 0.0255. The van der Waals surface area contributed by atoms with Crippen LogP contribution in [0, 0.1) is 0 Å². The van der Waals surface area contributed by atoms with Crippen LogP contribution < -0.4 is 4.74 Å². The highest BCUT2D eigenvalue weighted by molar-refractivity contribution is 6.35. The van der Waals surface area contributed by atoms with Gasteiger partial charge in [-0.1, -0.05) is 34.8 Å². The Morgan fingerprint density at radius 2 is 1.65 bits per heavy atom. The predicted molar refractivity (Wildman–Crippen MR) is 69.7 cm³/mol. The molecule has 0 amide bonds. The van der Waals surface area contributed by atoms with E-state index in [0.29, 0.717) is 26.6 Å². The van der Waals surface area contributed by atoms with E-state index in [2.05, 4.69) is 0 Å². The molecule has 0 spiro atoms. The van der Waals surface area contributed by atoms with Crippen LogP contribution >= 0.6 is 34.8 Å². The van der Waals surface area contributed by atoms with Crippen molar-refractivity contribution >= 4 is 34.8 Å². The lowest BCUT2D eigenvalue weighted by Gasteiger charge is -2.08. The maximum absolute atomic E-state index is 9.37. The highest BCUT2D eigenvalue weighted by Gasteiger charge is 2.05. The van der Waals surface area contributed by atoms with Gasteiger partial charge >= 0.3 is 0 Å². The number of benzene rings is 2. The summed E-state index contributed by atoms with van der Waals surface area (Å²) >= 11 is 17.5. The molecular weight excluding hydrogens is 282 g/mol. The van der Waals surface area contributed by atoms with E-state index in [-0.39, 0.29) is 5.75 Å². The predicted octanol–water partition coefficient (Wildman–Crippen LogP) is 5.14. The zero-order valence-electron chi connectivity index (χ0n) is 8.45. The molecule has 5 heteroatoms. The molecule has 0 bridgehead atoms. The molecule has 0 heterocycles. The molecule has 0 unspecified atom stereocenters. The number of ether oxygens (including phenoxy) is 1. The fourth-order valence-corrected chi connectivity index (χ4v) is 1.96. The minimum atomic E-state index is 0.0255. The summed E-state index contributed by atoms with van der Waals surface area (Å²) in [6.45, 7) is 0. The number of phenols is 1. The Bertz CT molecular complexity index is 535. The number of rotatable bonds is 2. The van der Waals surface area contributed by atoms with Crippen molar-refractivity contribution in [2.75, 3.05) is 0 Å². The first-order valence-electron chi connectivity index (χ1n) is 4.67. The third kappa shape index (κ3) is 3.19. The number of halogens is 3. The van der Waals surface area contributed by atoms with E-state index < -0.39 is 0 Å². The van der Waals surface area contributed by atoms with Gasteiger partial charge in [0.1, 0.15) is 17.2 Å². The van der Waals surface area contributed by atoms with Crippen LogP contribution in [-0.4, -0.2) is 5.11 Å². The van der Waals surface area contributed by atoms with Crippen molar-refractivity contribution in [1.29, 1.82) is 0 Å². The van der Waals surface area contributed by atoms with E-state index in [1.54, 1.807) is 24.3 Å². The second-order valence-electron chi connectivity index (χ2n) is 3.32. The van der Waals surface area contributed by atoms with Crippen LogP contribution in [0.4, 0.5) is 0 Å². The number of aromatic hydroxyl groups is 1. The SMILES string of the molecule is Oc1cc(Cl)cc(Oc2ccc(Cl)cc2Cl)c1. The van der Waals surface area contributed by atoms with Gasteiger partial charge in [-0.05, 0) is 30.3 Å². The Labute approximate surface area is 113 Å². The Balaban J connectivity index is 2.31. The van der Waals surface area contributed by atoms with Crippen LogP contribution in [0.5, 0.6) is 17.2 Å². The lowest BCUT2D eigenvalue weighted by molar-refractivity contribution is 0.455. The Morgan fingerprint density at radius 1 is 0.882 bits per heavy atom. The highest BCUT2D eigenvalue weighted by Crippen LogP contribution is 2.34. The summed E-state index contributed by atoms with van der Waals surface area (Å²) in [5.74, 6) is 0.870. The van der Waals surface area contributed by atoms with Crippen molar-refractivity contribution in [2.24, 2.45) is 0 Å². The van der Waals surface area contributed by atoms with E-state index in [4.69, 9.17) is 39.5 Å². The molecular formula is C12H7Cl3O2. The monoisotopic (exact) mass is 288 g/mol. The first-order chi connectivity index (χ1) is 8.04. The Morgan fingerprint density at radius 3 is 2.29 bits per heavy atom. The van der Waals surface area contributed by atoms with Gasteiger partial charge in [-0.15, -0.1) is 0 Å². The van der Waals surface area contributed by atoms with Crippen LogP contribution in [0.25, 0.3) is 0 Å². The van der Waals surface area contributed by atoms with Gasteiger partial charge in [0.25, 0.3) is 0 Å². The lowest BCUT2D eigenvalue weighted by Crippen LogP contribution is -1.85. The molecule has 1 N–H and O–H groups in total. The maximum Gasteiger partial charge on any atom is 0.146 e. The standard InChI is InChI=1S/C12H7Cl3O2/c13-7-1-2-12(11(15)5-7)17-10-4-8(14)3-9(16)6-10/h1-6,16H. The van der Waals surface area contributed by atoms with Crippen LogP contribution in [0.15, 0.2) is 36.4 Å². The average Bonchev–Trinajstić information content (AvgIpc) is 2.21. The van der Waals surface area contributed by atoms with Gasteiger partial charge in [0.2, 0.25) is 0 Å². The zero-order chi connectivity index (χ0) is 12.4. The fraction of sp³-hybridized carbons (Fsp3) is 0. The third-order valence-electron chi connectivity index (χ3n) is 1.98. The van der Waals surface area contributed by atoms with Crippen molar-refractivity contribution in [2.45, 2.75) is 0 Å². The summed E-state index contributed by atoms with van der Waals surface area (Å²) in [6, 6.07) is 9.31. The molecule has 2 aromatic carbocycles. The summed E-state index contributed by atoms with van der Waals surface area (Å²) in [4.78, 5) is 0. The molecule has 88 valence electrons. The van der Waals surface area contributed by atoms with E-state index in [0.717, 1.165) is 0 Å². The molecule has 0 atom stereocenters. The molecule has 2 nitrogen and oxygen atoms in total. The minimum Gasteiger partial charge on any atom is -0.508 e. The molecule has 0 aliphatic heterocycles. The maximum atomic E-state index is 9.37. The number of phenolic OH excluding ortho intramolecular Hbond substituents is 1. The van der Waals surface area contributed by atoms with Crippen molar-refractivity contribution in [3.05, 3.63) is 51.5 Å². The molecule has 2 rings (SSSR count). The summed E-state index contributed by atoms with van der Waals surface area (Å²) in [7, 11) is 0. The quantitative estimate of drug-likeness (QED) is 0.829. The van der Waals surface area contributed by atoms with Crippen molar-refractivity contribution < 1.29 is 9.84 Å². The fourth-order valence-electron chi connectivity index (χ4n) is 1.29. The lowest BCUT2D eigenvalue weighted by atomic mass is 10.3. The van der Waals surface area contributed by atoms with Gasteiger partial charge in [0.15, 0.2) is 0 Å². The first-order valence-corrected chi connectivity index (χ1v) is 5.80. The van der Waals surface area contributed by atoms with Gasteiger partial charge in [0, 0.05) is 16.1 Å². The topological polar surface area (TPSA) is 29.5 Å². The van der Waals surface area contributed by atoms with Crippen LogP contribution in [0.1, 0.15) is 0 Å². The van der Waals surface area contributed by atoms with Crippen LogP contribution in [0.3, 0.4) is 0 Å². The Hall–Kier alpha value is -1.09. The smallest absolute Gasteiger partial charge is 0.146 e. The Kier molecular flexibility index (Phi) is 3.67. The number of hydrogen-bond acceptors (Lipinski definition) is 2. The van der Waals surface area contributed by atoms with Gasteiger partial charge in [-0.3, -0.25) is 0 Å². The van der Waals surface area contributed by atoms with E-state index in [1.165, 1.54) is 12.1 Å². The van der Waals surface area contributed by atoms with Crippen molar-refractivity contribution in [3.8, 4) is 17.2 Å². The van der Waals surface area contributed by atoms with E-state index in [1.807, 2.05) is 0 Å². The summed E-state index contributed by atoms with van der Waals surface area (Å²) in [6.07, 6.45) is 0. The van der Waals surface area contributed by atoms with Crippen molar-refractivity contribution in [1.82, 2.24) is 0 Å². The molecule has 0 saturated carbocycles. The molecule has 0 aromatic heterocycles. The highest BCUT2D eigenvalue weighted by atomic mass is 35.5. The average molecular weight is 290 g/mol. The van der Waals surface area contributed by atoms with Crippen LogP contribution in [-0.2, 0) is 0 Å². The normalized spacial score (nSPS) is 10.3. The van der Waals surface area contributed by atoms with Gasteiger partial charge in [-0.2, -0.15) is 0 Å². The summed E-state index contributed by atoms with van der Waals surface area (Å²) in [5, 5.41) is 10.7. The zero-order valence-corrected chi connectivity index (χ0v) is 10.7. The van der Waals surface area contributed by atoms with Gasteiger partial charge < -0.3 is 9.84 Å². The summed E-state index contributed by atoms with van der Waals surface area (Å²) < 4.78 is 5.49. The first kappa shape index (κ1) is 12.4. The van der Waals surface area contributed by atoms with E-state index in [9.17, 15) is 5.11 Å². The molecule has 17 heavy (non-hydrogen) atoms. The summed E-state index contributed by atoms with van der Waals surface area (Å²) in [5.41, 5.74) is 0. The molecule has 0 aliphatic carbocycles. The molecule has 0 fully saturated rings. The number of hydrogen-bond donors (Lipinski definition) is 1. The second kappa shape index (κ2) is 5.05. The molecule has 0 aliphatic rings. The van der Waals surface area contributed by atoms with Gasteiger partial charge in [-0.25, -0.2) is 0 Å². The molecule has 2 aromatic rings. The van der Waals surface area contributed by atoms with E-state index >= 15 is 0 Å². The molecule has 0 saturated heterocycles. The van der Waals surface area contributed by atoms with Gasteiger partial charge in [0.05, 0.1) is 5.02 Å².